The lowest BCUT2D eigenvalue weighted by Gasteiger charge is -2.20. The van der Waals surface area contributed by atoms with Gasteiger partial charge in [0.15, 0.2) is 0 Å². The molecule has 0 aliphatic heterocycles. The van der Waals surface area contributed by atoms with E-state index in [0.29, 0.717) is 18.9 Å². The molecule has 0 bridgehead atoms. The summed E-state index contributed by atoms with van der Waals surface area (Å²) in [7, 11) is -3.41. The lowest BCUT2D eigenvalue weighted by Crippen LogP contribution is -2.34. The molecule has 0 unspecified atom stereocenters. The molecule has 1 rings (SSSR count). The van der Waals surface area contributed by atoms with E-state index in [-0.39, 0.29) is 5.75 Å². The molecule has 18 heavy (non-hydrogen) atoms. The van der Waals surface area contributed by atoms with Crippen molar-refractivity contribution in [2.24, 2.45) is 0 Å². The first kappa shape index (κ1) is 15.5. The highest BCUT2D eigenvalue weighted by molar-refractivity contribution is 7.98. The zero-order valence-corrected chi connectivity index (χ0v) is 12.3. The van der Waals surface area contributed by atoms with Crippen LogP contribution in [0.5, 0.6) is 0 Å². The van der Waals surface area contributed by atoms with Crippen LogP contribution in [0.1, 0.15) is 12.5 Å². The Labute approximate surface area is 113 Å². The summed E-state index contributed by atoms with van der Waals surface area (Å²) in [5, 5.41) is 0. The van der Waals surface area contributed by atoms with E-state index < -0.39 is 10.0 Å². The summed E-state index contributed by atoms with van der Waals surface area (Å²) in [5.74, 6) is 0.691. The molecule has 6 heteroatoms. The lowest BCUT2D eigenvalue weighted by molar-refractivity contribution is -0.0737. The minimum Gasteiger partial charge on any atom is -0.285 e. The number of thioether (sulfide) groups is 1. The average molecular weight is 289 g/mol. The fourth-order valence-electron chi connectivity index (χ4n) is 1.45. The highest BCUT2D eigenvalue weighted by Crippen LogP contribution is 2.12. The molecule has 0 amide bonds. The summed E-state index contributed by atoms with van der Waals surface area (Å²) in [4.78, 5) is 5.21. The maximum absolute atomic E-state index is 12.2. The SMILES string of the molecule is CCON(CCSC)S(=O)(=O)Cc1ccccc1. The molecule has 0 aliphatic carbocycles. The second-order valence-electron chi connectivity index (χ2n) is 3.68. The van der Waals surface area contributed by atoms with Gasteiger partial charge in [0, 0.05) is 12.3 Å². The Balaban J connectivity index is 2.75. The molecule has 4 nitrogen and oxygen atoms in total. The molecule has 0 heterocycles. The fraction of sp³-hybridized carbons (Fsp3) is 0.500. The third-order valence-corrected chi connectivity index (χ3v) is 4.45. The molecule has 0 fully saturated rings. The fourth-order valence-corrected chi connectivity index (χ4v) is 3.31. The predicted molar refractivity (Wildman–Crippen MR) is 75.8 cm³/mol. The highest BCUT2D eigenvalue weighted by atomic mass is 32.2. The predicted octanol–water partition coefficient (Wildman–Crippen LogP) is 2.13. The van der Waals surface area contributed by atoms with Gasteiger partial charge in [0.2, 0.25) is 10.0 Å². The van der Waals surface area contributed by atoms with Gasteiger partial charge in [-0.1, -0.05) is 34.8 Å². The summed E-state index contributed by atoms with van der Waals surface area (Å²) >= 11 is 1.59. The minimum absolute atomic E-state index is 0.0256. The summed E-state index contributed by atoms with van der Waals surface area (Å²) in [6, 6.07) is 9.13. The number of benzene rings is 1. The van der Waals surface area contributed by atoms with E-state index in [4.69, 9.17) is 4.84 Å². The van der Waals surface area contributed by atoms with Crippen molar-refractivity contribution in [3.05, 3.63) is 35.9 Å². The molecule has 0 aromatic heterocycles. The van der Waals surface area contributed by atoms with E-state index in [0.717, 1.165) is 10.0 Å². The van der Waals surface area contributed by atoms with Crippen molar-refractivity contribution in [1.29, 1.82) is 0 Å². The van der Waals surface area contributed by atoms with Crippen LogP contribution >= 0.6 is 11.8 Å². The van der Waals surface area contributed by atoms with Gasteiger partial charge in [0.1, 0.15) is 0 Å². The molecule has 0 atom stereocenters. The Morgan fingerprint density at radius 2 is 1.94 bits per heavy atom. The van der Waals surface area contributed by atoms with Crippen LogP contribution in [-0.4, -0.2) is 38.0 Å². The van der Waals surface area contributed by atoms with Gasteiger partial charge in [-0.25, -0.2) is 8.42 Å². The van der Waals surface area contributed by atoms with Crippen molar-refractivity contribution in [2.45, 2.75) is 12.7 Å². The van der Waals surface area contributed by atoms with Gasteiger partial charge < -0.3 is 0 Å². The number of sulfonamides is 1. The second-order valence-corrected chi connectivity index (χ2v) is 6.52. The summed E-state index contributed by atoms with van der Waals surface area (Å²) in [5.41, 5.74) is 0.770. The van der Waals surface area contributed by atoms with Gasteiger partial charge in [-0.2, -0.15) is 11.8 Å². The first-order valence-electron chi connectivity index (χ1n) is 5.76. The molecular weight excluding hydrogens is 270 g/mol. The van der Waals surface area contributed by atoms with E-state index in [2.05, 4.69) is 0 Å². The minimum atomic E-state index is -3.41. The number of hydroxylamine groups is 1. The van der Waals surface area contributed by atoms with Gasteiger partial charge >= 0.3 is 0 Å². The Hall–Kier alpha value is -0.560. The van der Waals surface area contributed by atoms with Crippen LogP contribution in [0.4, 0.5) is 0 Å². The molecule has 0 spiro atoms. The molecule has 102 valence electrons. The molecule has 0 radical (unpaired) electrons. The van der Waals surface area contributed by atoms with Crippen molar-refractivity contribution >= 4 is 21.8 Å². The average Bonchev–Trinajstić information content (AvgIpc) is 2.35. The summed E-state index contributed by atoms with van der Waals surface area (Å²) in [6.07, 6.45) is 1.94. The van der Waals surface area contributed by atoms with Crippen LogP contribution in [0.3, 0.4) is 0 Å². The Bertz CT molecular complexity index is 434. The number of hydrogen-bond acceptors (Lipinski definition) is 4. The molecule has 0 saturated heterocycles. The van der Waals surface area contributed by atoms with Gasteiger partial charge in [0.05, 0.1) is 12.4 Å². The topological polar surface area (TPSA) is 46.6 Å². The largest absolute Gasteiger partial charge is 0.285 e. The van der Waals surface area contributed by atoms with Crippen molar-refractivity contribution in [2.75, 3.05) is 25.2 Å². The molecule has 0 aliphatic rings. The monoisotopic (exact) mass is 289 g/mol. The molecule has 0 saturated carbocycles. The zero-order chi connectivity index (χ0) is 13.4. The van der Waals surface area contributed by atoms with Crippen molar-refractivity contribution in [3.8, 4) is 0 Å². The third kappa shape index (κ3) is 4.97. The Kier molecular flexibility index (Phi) is 6.70. The Morgan fingerprint density at radius 3 is 2.50 bits per heavy atom. The quantitative estimate of drug-likeness (QED) is 0.688. The van der Waals surface area contributed by atoms with E-state index in [1.54, 1.807) is 30.8 Å². The lowest BCUT2D eigenvalue weighted by atomic mass is 10.2. The second kappa shape index (κ2) is 7.78. The van der Waals surface area contributed by atoms with Crippen LogP contribution in [0.15, 0.2) is 30.3 Å². The number of hydrogen-bond donors (Lipinski definition) is 0. The van der Waals surface area contributed by atoms with Crippen LogP contribution < -0.4 is 0 Å². The summed E-state index contributed by atoms with van der Waals surface area (Å²) < 4.78 is 25.5. The van der Waals surface area contributed by atoms with Crippen LogP contribution in [0.25, 0.3) is 0 Å². The smallest absolute Gasteiger partial charge is 0.240 e. The molecule has 0 N–H and O–H groups in total. The van der Waals surface area contributed by atoms with Gasteiger partial charge in [-0.15, -0.1) is 0 Å². The highest BCUT2D eigenvalue weighted by Gasteiger charge is 2.22. The normalized spacial score (nSPS) is 11.9. The van der Waals surface area contributed by atoms with Crippen molar-refractivity contribution < 1.29 is 13.3 Å². The van der Waals surface area contributed by atoms with Gasteiger partial charge in [0.25, 0.3) is 0 Å². The van der Waals surface area contributed by atoms with Gasteiger partial charge in [-0.05, 0) is 18.7 Å². The van der Waals surface area contributed by atoms with Crippen molar-refractivity contribution in [3.63, 3.8) is 0 Å². The maximum Gasteiger partial charge on any atom is 0.240 e. The van der Waals surface area contributed by atoms with Gasteiger partial charge in [-0.3, -0.25) is 4.84 Å². The van der Waals surface area contributed by atoms with E-state index in [9.17, 15) is 8.42 Å². The standard InChI is InChI=1S/C12H19NO3S2/c1-3-16-13(9-10-17-2)18(14,15)11-12-7-5-4-6-8-12/h4-8H,3,9-11H2,1-2H3. The maximum atomic E-state index is 12.2. The van der Waals surface area contributed by atoms with Crippen LogP contribution in [-0.2, 0) is 20.6 Å². The third-order valence-electron chi connectivity index (χ3n) is 2.25. The molecule has 1 aromatic rings. The van der Waals surface area contributed by atoms with E-state index >= 15 is 0 Å². The van der Waals surface area contributed by atoms with E-state index in [1.807, 2.05) is 24.5 Å². The van der Waals surface area contributed by atoms with Crippen LogP contribution in [0, 0.1) is 0 Å². The molecular formula is C12H19NO3S2. The summed E-state index contributed by atoms with van der Waals surface area (Å²) in [6.45, 7) is 2.51. The van der Waals surface area contributed by atoms with Crippen LogP contribution in [0.2, 0.25) is 0 Å². The zero-order valence-electron chi connectivity index (χ0n) is 10.7. The first-order valence-corrected chi connectivity index (χ1v) is 8.76. The van der Waals surface area contributed by atoms with E-state index in [1.165, 1.54) is 0 Å². The number of nitrogens with zero attached hydrogens (tertiary/aromatic N) is 1. The Morgan fingerprint density at radius 1 is 1.28 bits per heavy atom. The number of rotatable bonds is 8. The van der Waals surface area contributed by atoms with Crippen molar-refractivity contribution in [1.82, 2.24) is 4.47 Å². The first-order chi connectivity index (χ1) is 8.60. The molecule has 1 aromatic carbocycles.